The molecule has 2 N–H and O–H groups in total. The summed E-state index contributed by atoms with van der Waals surface area (Å²) in [6, 6.07) is 9.78. The first-order chi connectivity index (χ1) is 11.2. The third kappa shape index (κ3) is 4.27. The van der Waals surface area contributed by atoms with E-state index in [0.29, 0.717) is 5.82 Å². The van der Waals surface area contributed by atoms with Crippen LogP contribution in [0.4, 0.5) is 4.79 Å². The summed E-state index contributed by atoms with van der Waals surface area (Å²) in [5.41, 5.74) is 0.976. The van der Waals surface area contributed by atoms with Crippen LogP contribution in [-0.2, 0) is 6.54 Å². The Bertz CT molecular complexity index is 791. The normalized spacial score (nSPS) is 10.4. The molecule has 1 amide bonds. The third-order valence-electron chi connectivity index (χ3n) is 2.80. The van der Waals surface area contributed by atoms with Gasteiger partial charge in [-0.05, 0) is 0 Å². The van der Waals surface area contributed by atoms with Crippen LogP contribution in [-0.4, -0.2) is 26.2 Å². The second kappa shape index (κ2) is 7.21. The fraction of sp³-hybridized carbons (Fsp3) is 0.0667. The first-order valence-electron chi connectivity index (χ1n) is 6.67. The van der Waals surface area contributed by atoms with Crippen LogP contribution in [0.3, 0.4) is 0 Å². The lowest BCUT2D eigenvalue weighted by Crippen LogP contribution is -2.19. The molecule has 2 heterocycles. The third-order valence-corrected chi connectivity index (χ3v) is 4.85. The highest BCUT2D eigenvalue weighted by atomic mass is 32.2. The molecule has 0 fully saturated rings. The van der Waals surface area contributed by atoms with Crippen molar-refractivity contribution in [3.05, 3.63) is 53.9 Å². The number of carbonyl (C=O) groups is 1. The molecule has 6 nitrogen and oxygen atoms in total. The number of hydrogen-bond acceptors (Lipinski definition) is 6. The average Bonchev–Trinajstić information content (AvgIpc) is 3.02. The van der Waals surface area contributed by atoms with E-state index in [-0.39, 0.29) is 6.54 Å². The fourth-order valence-electron chi connectivity index (χ4n) is 1.80. The molecule has 116 valence electrons. The summed E-state index contributed by atoms with van der Waals surface area (Å²) < 4.78 is 0.961. The summed E-state index contributed by atoms with van der Waals surface area (Å²) >= 11 is 2.94. The molecule has 0 bridgehead atoms. The molecular weight excluding hydrogens is 332 g/mol. The molecule has 0 radical (unpaired) electrons. The molecule has 2 aromatic heterocycles. The number of benzene rings is 1. The molecule has 0 aliphatic rings. The lowest BCUT2D eigenvalue weighted by atomic mass is 10.2. The van der Waals surface area contributed by atoms with E-state index >= 15 is 0 Å². The highest BCUT2D eigenvalue weighted by Crippen LogP contribution is 2.31. The Morgan fingerprint density at radius 1 is 1.13 bits per heavy atom. The lowest BCUT2D eigenvalue weighted by Gasteiger charge is -2.01. The second-order valence-electron chi connectivity index (χ2n) is 4.44. The van der Waals surface area contributed by atoms with Gasteiger partial charge in [0.1, 0.15) is 5.01 Å². The van der Waals surface area contributed by atoms with Gasteiger partial charge in [-0.15, -0.1) is 11.3 Å². The summed E-state index contributed by atoms with van der Waals surface area (Å²) in [6.45, 7) is 0.212. The van der Waals surface area contributed by atoms with E-state index in [4.69, 9.17) is 5.11 Å². The number of nitrogens with one attached hydrogen (secondary N) is 1. The van der Waals surface area contributed by atoms with Crippen LogP contribution in [0.15, 0.2) is 58.0 Å². The van der Waals surface area contributed by atoms with Crippen molar-refractivity contribution in [3.63, 3.8) is 0 Å². The predicted molar refractivity (Wildman–Crippen MR) is 88.6 cm³/mol. The Labute approximate surface area is 140 Å². The number of hydrogen-bond donors (Lipinski definition) is 2. The fourth-order valence-corrected chi connectivity index (χ4v) is 3.67. The Morgan fingerprint density at radius 2 is 1.87 bits per heavy atom. The van der Waals surface area contributed by atoms with Crippen LogP contribution in [0.5, 0.6) is 0 Å². The van der Waals surface area contributed by atoms with Crippen molar-refractivity contribution < 1.29 is 9.90 Å². The molecule has 3 rings (SSSR count). The summed E-state index contributed by atoms with van der Waals surface area (Å²) in [5.74, 6) is 0.686. The standard InChI is InChI=1S/C15H12N4O2S2/c20-15(21)19-8-12-16-9-13(23-12)22-11-6-17-14(18-7-11)10-4-2-1-3-5-10/h1-7,9,19H,8H2,(H,20,21). The molecule has 0 atom stereocenters. The highest BCUT2D eigenvalue weighted by Gasteiger charge is 2.07. The molecule has 0 saturated carbocycles. The summed E-state index contributed by atoms with van der Waals surface area (Å²) in [7, 11) is 0. The van der Waals surface area contributed by atoms with Crippen molar-refractivity contribution in [2.24, 2.45) is 0 Å². The number of aromatic nitrogens is 3. The quantitative estimate of drug-likeness (QED) is 0.736. The van der Waals surface area contributed by atoms with Crippen molar-refractivity contribution in [2.75, 3.05) is 0 Å². The van der Waals surface area contributed by atoms with Gasteiger partial charge >= 0.3 is 6.09 Å². The maximum absolute atomic E-state index is 10.5. The van der Waals surface area contributed by atoms with Crippen LogP contribution < -0.4 is 5.32 Å². The number of carboxylic acid groups (broad SMARTS) is 1. The van der Waals surface area contributed by atoms with Gasteiger partial charge in [0, 0.05) is 22.9 Å². The molecule has 23 heavy (non-hydrogen) atoms. The zero-order chi connectivity index (χ0) is 16.1. The molecule has 1 aromatic carbocycles. The van der Waals surface area contributed by atoms with Gasteiger partial charge in [-0.3, -0.25) is 0 Å². The molecule has 0 unspecified atom stereocenters. The van der Waals surface area contributed by atoms with Crippen LogP contribution in [0.2, 0.25) is 0 Å². The van der Waals surface area contributed by atoms with E-state index in [9.17, 15) is 4.79 Å². The number of amides is 1. The maximum atomic E-state index is 10.5. The first-order valence-corrected chi connectivity index (χ1v) is 8.31. The Hall–Kier alpha value is -2.45. The highest BCUT2D eigenvalue weighted by molar-refractivity contribution is 8.01. The van der Waals surface area contributed by atoms with Crippen LogP contribution in [0.1, 0.15) is 5.01 Å². The molecular formula is C15H12N4O2S2. The Morgan fingerprint density at radius 3 is 2.57 bits per heavy atom. The van der Waals surface area contributed by atoms with E-state index in [2.05, 4.69) is 20.3 Å². The lowest BCUT2D eigenvalue weighted by molar-refractivity contribution is 0.194. The SMILES string of the molecule is O=C(O)NCc1ncc(Sc2cnc(-c3ccccc3)nc2)s1. The zero-order valence-corrected chi connectivity index (χ0v) is 13.5. The second-order valence-corrected chi connectivity index (χ2v) is 6.93. The number of thiazole rings is 1. The van der Waals surface area contributed by atoms with Crippen molar-refractivity contribution in [3.8, 4) is 11.4 Å². The summed E-state index contributed by atoms with van der Waals surface area (Å²) in [5, 5.41) is 11.6. The van der Waals surface area contributed by atoms with Gasteiger partial charge in [0.2, 0.25) is 0 Å². The smallest absolute Gasteiger partial charge is 0.405 e. The van der Waals surface area contributed by atoms with Crippen molar-refractivity contribution >= 4 is 29.2 Å². The maximum Gasteiger partial charge on any atom is 0.405 e. The van der Waals surface area contributed by atoms with Gasteiger partial charge in [0.15, 0.2) is 5.82 Å². The Balaban J connectivity index is 1.65. The topological polar surface area (TPSA) is 88.0 Å². The largest absolute Gasteiger partial charge is 0.465 e. The molecule has 0 aliphatic heterocycles. The van der Waals surface area contributed by atoms with E-state index in [1.54, 1.807) is 18.6 Å². The summed E-state index contributed by atoms with van der Waals surface area (Å²) in [6.07, 6.45) is 4.21. The van der Waals surface area contributed by atoms with E-state index in [1.165, 1.54) is 23.1 Å². The zero-order valence-electron chi connectivity index (χ0n) is 11.8. The van der Waals surface area contributed by atoms with Gasteiger partial charge in [-0.25, -0.2) is 19.7 Å². The van der Waals surface area contributed by atoms with Crippen LogP contribution in [0.25, 0.3) is 11.4 Å². The van der Waals surface area contributed by atoms with Gasteiger partial charge in [0.05, 0.1) is 17.0 Å². The molecule has 0 saturated heterocycles. The van der Waals surface area contributed by atoms with Crippen LogP contribution in [0, 0.1) is 0 Å². The van der Waals surface area contributed by atoms with Crippen LogP contribution >= 0.6 is 23.1 Å². The molecule has 0 spiro atoms. The van der Waals surface area contributed by atoms with Gasteiger partial charge in [-0.1, -0.05) is 42.1 Å². The van der Waals surface area contributed by atoms with Crippen molar-refractivity contribution in [1.82, 2.24) is 20.3 Å². The number of rotatable bonds is 5. The minimum atomic E-state index is -1.06. The summed E-state index contributed by atoms with van der Waals surface area (Å²) in [4.78, 5) is 24.3. The molecule has 3 aromatic rings. The van der Waals surface area contributed by atoms with E-state index < -0.39 is 6.09 Å². The van der Waals surface area contributed by atoms with Crippen molar-refractivity contribution in [2.45, 2.75) is 15.6 Å². The number of nitrogens with zero attached hydrogens (tertiary/aromatic N) is 3. The van der Waals surface area contributed by atoms with Gasteiger partial charge in [0.25, 0.3) is 0 Å². The minimum Gasteiger partial charge on any atom is -0.465 e. The Kier molecular flexibility index (Phi) is 4.84. The first kappa shape index (κ1) is 15.4. The van der Waals surface area contributed by atoms with E-state index in [0.717, 1.165) is 19.7 Å². The predicted octanol–water partition coefficient (Wildman–Crippen LogP) is 3.52. The van der Waals surface area contributed by atoms with E-state index in [1.807, 2.05) is 30.3 Å². The van der Waals surface area contributed by atoms with Gasteiger partial charge in [-0.2, -0.15) is 0 Å². The average molecular weight is 344 g/mol. The molecule has 8 heteroatoms. The van der Waals surface area contributed by atoms with Gasteiger partial charge < -0.3 is 10.4 Å². The molecule has 0 aliphatic carbocycles. The monoisotopic (exact) mass is 344 g/mol. The van der Waals surface area contributed by atoms with Crippen molar-refractivity contribution in [1.29, 1.82) is 0 Å². The minimum absolute atomic E-state index is 0.212.